The molecular weight excluding hydrogens is 433 g/mol. The summed E-state index contributed by atoms with van der Waals surface area (Å²) in [5.74, 6) is -2.00. The Balaban J connectivity index is 1.59. The number of aliphatic hydroxyl groups excluding tert-OH is 2. The maximum Gasteiger partial charge on any atom is 0.522 e. The van der Waals surface area contributed by atoms with Crippen LogP contribution in [-0.2, 0) is 9.47 Å². The van der Waals surface area contributed by atoms with E-state index in [1.807, 2.05) is 0 Å². The summed E-state index contributed by atoms with van der Waals surface area (Å²) < 4.78 is 73.6. The number of alkyl halides is 3. The number of fused-ring (bicyclic) bond motifs is 1. The third-order valence-corrected chi connectivity index (χ3v) is 4.56. The summed E-state index contributed by atoms with van der Waals surface area (Å²) in [6.45, 7) is -1.03. The molecule has 0 aliphatic carbocycles. The van der Waals surface area contributed by atoms with Crippen LogP contribution >= 0.6 is 0 Å². The van der Waals surface area contributed by atoms with Crippen molar-refractivity contribution >= 4 is 22.7 Å². The van der Waals surface area contributed by atoms with Crippen LogP contribution in [0.4, 0.5) is 33.5 Å². The van der Waals surface area contributed by atoms with E-state index >= 15 is 0 Å². The number of nitrogens with one attached hydrogen (secondary N) is 1. The van der Waals surface area contributed by atoms with Gasteiger partial charge in [0.15, 0.2) is 34.8 Å². The lowest BCUT2D eigenvalue weighted by molar-refractivity contribution is -0.333. The summed E-state index contributed by atoms with van der Waals surface area (Å²) >= 11 is 0. The average molecular weight is 447 g/mol. The molecule has 3 heterocycles. The Kier molecular flexibility index (Phi) is 5.47. The van der Waals surface area contributed by atoms with Crippen molar-refractivity contribution in [2.45, 2.75) is 30.9 Å². The van der Waals surface area contributed by atoms with E-state index in [-0.39, 0.29) is 22.7 Å². The highest BCUT2D eigenvalue weighted by molar-refractivity contribution is 5.85. The van der Waals surface area contributed by atoms with Crippen molar-refractivity contribution in [2.24, 2.45) is 0 Å². The fourth-order valence-corrected chi connectivity index (χ4v) is 3.11. The molecule has 1 saturated heterocycles. The monoisotopic (exact) mass is 447 g/mol. The average Bonchev–Trinajstić information content (AvgIpc) is 3.25. The van der Waals surface area contributed by atoms with Crippen LogP contribution in [0.5, 0.6) is 0 Å². The van der Waals surface area contributed by atoms with Crippen LogP contribution in [0.15, 0.2) is 30.9 Å². The van der Waals surface area contributed by atoms with Gasteiger partial charge in [-0.3, -0.25) is 9.30 Å². The first-order valence-corrected chi connectivity index (χ1v) is 8.76. The van der Waals surface area contributed by atoms with Crippen LogP contribution in [0.3, 0.4) is 0 Å². The molecule has 0 radical (unpaired) electrons. The Labute approximate surface area is 170 Å². The Morgan fingerprint density at radius 2 is 1.87 bits per heavy atom. The van der Waals surface area contributed by atoms with Crippen LogP contribution in [0, 0.1) is 11.6 Å². The smallest absolute Gasteiger partial charge is 0.387 e. The molecule has 1 fully saturated rings. The lowest BCUT2D eigenvalue weighted by atomic mass is 10.1. The highest BCUT2D eigenvalue weighted by Gasteiger charge is 2.46. The fourth-order valence-electron chi connectivity index (χ4n) is 3.11. The molecule has 0 bridgehead atoms. The van der Waals surface area contributed by atoms with Gasteiger partial charge in [0.2, 0.25) is 0 Å². The number of imidazole rings is 1. The maximum atomic E-state index is 13.4. The first kappa shape index (κ1) is 21.3. The zero-order valence-electron chi connectivity index (χ0n) is 15.3. The minimum absolute atomic E-state index is 0.105. The maximum absolute atomic E-state index is 13.4. The number of rotatable bonds is 5. The number of anilines is 2. The standard InChI is InChI=1S/C17H14F5N5O4/c18-8-2-1-7(3-9(8)19)26-14-11-15(24-5-23-14)27(6-25-11)16-13(29)12(28)10(31-16)4-30-17(20,21)22/h1-3,5-6,10,12-13,16,28-29H,4H2,(H,23,24,26)/t10-,12?,13?,16-/m1/s1. The molecule has 4 atom stereocenters. The van der Waals surface area contributed by atoms with Gasteiger partial charge in [-0.1, -0.05) is 0 Å². The summed E-state index contributed by atoms with van der Waals surface area (Å²) in [5, 5.41) is 23.0. The predicted molar refractivity (Wildman–Crippen MR) is 92.9 cm³/mol. The number of aliphatic hydroxyl groups is 2. The van der Waals surface area contributed by atoms with Crippen molar-refractivity contribution < 1.29 is 41.6 Å². The number of hydrogen-bond donors (Lipinski definition) is 3. The van der Waals surface area contributed by atoms with E-state index in [0.717, 1.165) is 18.5 Å². The van der Waals surface area contributed by atoms with Crippen molar-refractivity contribution in [1.29, 1.82) is 0 Å². The van der Waals surface area contributed by atoms with Gasteiger partial charge in [0.1, 0.15) is 24.6 Å². The number of ether oxygens (including phenoxy) is 2. The SMILES string of the molecule is OC1C(O)[C@@H](COC(F)(F)F)O[C@H]1n1cnc2c(Nc3ccc(F)c(F)c3)ncnc21. The highest BCUT2D eigenvalue weighted by atomic mass is 19.4. The minimum atomic E-state index is -4.93. The van der Waals surface area contributed by atoms with Crippen molar-refractivity contribution in [1.82, 2.24) is 19.5 Å². The second-order valence-corrected chi connectivity index (χ2v) is 6.60. The summed E-state index contributed by atoms with van der Waals surface area (Å²) in [4.78, 5) is 12.1. The molecule has 1 aliphatic rings. The summed E-state index contributed by atoms with van der Waals surface area (Å²) in [6, 6.07) is 3.10. The van der Waals surface area contributed by atoms with E-state index in [9.17, 15) is 32.2 Å². The Morgan fingerprint density at radius 1 is 1.10 bits per heavy atom. The molecule has 14 heteroatoms. The molecule has 0 amide bonds. The molecule has 31 heavy (non-hydrogen) atoms. The van der Waals surface area contributed by atoms with Gasteiger partial charge in [0, 0.05) is 11.8 Å². The first-order valence-electron chi connectivity index (χ1n) is 8.76. The Morgan fingerprint density at radius 3 is 2.58 bits per heavy atom. The molecule has 3 N–H and O–H groups in total. The van der Waals surface area contributed by atoms with E-state index in [2.05, 4.69) is 25.0 Å². The molecule has 2 unspecified atom stereocenters. The molecule has 9 nitrogen and oxygen atoms in total. The second-order valence-electron chi connectivity index (χ2n) is 6.60. The summed E-state index contributed by atoms with van der Waals surface area (Å²) in [6.07, 6.45) is -8.66. The highest BCUT2D eigenvalue weighted by Crippen LogP contribution is 2.33. The zero-order chi connectivity index (χ0) is 22.3. The fraction of sp³-hybridized carbons (Fsp3) is 0.353. The van der Waals surface area contributed by atoms with Crippen LogP contribution < -0.4 is 5.32 Å². The van der Waals surface area contributed by atoms with Gasteiger partial charge < -0.3 is 20.3 Å². The largest absolute Gasteiger partial charge is 0.522 e. The third kappa shape index (κ3) is 4.27. The lowest BCUT2D eigenvalue weighted by Crippen LogP contribution is -2.35. The summed E-state index contributed by atoms with van der Waals surface area (Å²) in [5.41, 5.74) is 0.423. The number of aromatic nitrogens is 4. The quantitative estimate of drug-likeness (QED) is 0.509. The number of hydrogen-bond acceptors (Lipinski definition) is 8. The predicted octanol–water partition coefficient (Wildman–Crippen LogP) is 2.00. The van der Waals surface area contributed by atoms with Crippen LogP contribution in [0.25, 0.3) is 11.2 Å². The Hall–Kier alpha value is -2.94. The van der Waals surface area contributed by atoms with E-state index in [1.165, 1.54) is 17.0 Å². The van der Waals surface area contributed by atoms with Crippen LogP contribution in [0.1, 0.15) is 6.23 Å². The number of nitrogens with zero attached hydrogens (tertiary/aromatic N) is 4. The molecule has 0 saturated carbocycles. The molecule has 1 aliphatic heterocycles. The van der Waals surface area contributed by atoms with Crippen LogP contribution in [-0.4, -0.2) is 61.0 Å². The third-order valence-electron chi connectivity index (χ3n) is 4.56. The summed E-state index contributed by atoms with van der Waals surface area (Å²) in [7, 11) is 0. The van der Waals surface area contributed by atoms with E-state index < -0.39 is 49.1 Å². The minimum Gasteiger partial charge on any atom is -0.387 e. The molecule has 166 valence electrons. The van der Waals surface area contributed by atoms with Crippen molar-refractivity contribution in [2.75, 3.05) is 11.9 Å². The van der Waals surface area contributed by atoms with Crippen molar-refractivity contribution in [3.63, 3.8) is 0 Å². The number of halogens is 5. The van der Waals surface area contributed by atoms with Crippen molar-refractivity contribution in [3.8, 4) is 0 Å². The van der Waals surface area contributed by atoms with E-state index in [1.54, 1.807) is 0 Å². The Bertz CT molecular complexity index is 1090. The molecule has 2 aromatic heterocycles. The normalized spacial score (nSPS) is 24.1. The first-order chi connectivity index (χ1) is 14.6. The second kappa shape index (κ2) is 7.96. The van der Waals surface area contributed by atoms with Gasteiger partial charge in [-0.05, 0) is 12.1 Å². The van der Waals surface area contributed by atoms with Gasteiger partial charge in [-0.2, -0.15) is 0 Å². The van der Waals surface area contributed by atoms with Crippen molar-refractivity contribution in [3.05, 3.63) is 42.5 Å². The van der Waals surface area contributed by atoms with Gasteiger partial charge in [0.05, 0.1) is 12.9 Å². The van der Waals surface area contributed by atoms with E-state index in [4.69, 9.17) is 4.74 Å². The van der Waals surface area contributed by atoms with E-state index in [0.29, 0.717) is 0 Å². The molecule has 4 rings (SSSR count). The number of benzene rings is 1. The van der Waals surface area contributed by atoms with Crippen LogP contribution in [0.2, 0.25) is 0 Å². The molecular formula is C17H14F5N5O4. The molecule has 0 spiro atoms. The molecule has 1 aromatic carbocycles. The van der Waals surface area contributed by atoms with Gasteiger partial charge >= 0.3 is 6.36 Å². The van der Waals surface area contributed by atoms with Gasteiger partial charge in [-0.15, -0.1) is 13.2 Å². The molecule has 3 aromatic rings. The topological polar surface area (TPSA) is 115 Å². The van der Waals surface area contributed by atoms with Gasteiger partial charge in [-0.25, -0.2) is 23.7 Å². The van der Waals surface area contributed by atoms with Gasteiger partial charge in [0.25, 0.3) is 0 Å². The lowest BCUT2D eigenvalue weighted by Gasteiger charge is -2.17. The zero-order valence-corrected chi connectivity index (χ0v) is 15.3.